The highest BCUT2D eigenvalue weighted by atomic mass is 35.5. The fourth-order valence-electron chi connectivity index (χ4n) is 3.20. The van der Waals surface area contributed by atoms with Crippen molar-refractivity contribution in [1.29, 1.82) is 0 Å². The molecule has 3 heterocycles. The van der Waals surface area contributed by atoms with Gasteiger partial charge >= 0.3 is 0 Å². The molecule has 7 heteroatoms. The molecule has 1 N–H and O–H groups in total. The molecule has 0 radical (unpaired) electrons. The van der Waals surface area contributed by atoms with E-state index in [9.17, 15) is 4.79 Å². The lowest BCUT2D eigenvalue weighted by atomic mass is 10.1. The van der Waals surface area contributed by atoms with Crippen LogP contribution in [0.4, 0.5) is 0 Å². The highest BCUT2D eigenvalue weighted by molar-refractivity contribution is 8.00. The average molecular weight is 409 g/mol. The van der Waals surface area contributed by atoms with E-state index in [2.05, 4.69) is 16.8 Å². The van der Waals surface area contributed by atoms with Gasteiger partial charge in [0, 0.05) is 36.3 Å². The Kier molecular flexibility index (Phi) is 6.29. The Balaban J connectivity index is 0.00000196. The molecule has 4 rings (SSSR count). The van der Waals surface area contributed by atoms with Crippen LogP contribution in [-0.2, 0) is 5.75 Å². The van der Waals surface area contributed by atoms with Crippen molar-refractivity contribution in [2.24, 2.45) is 0 Å². The van der Waals surface area contributed by atoms with E-state index in [1.165, 1.54) is 4.21 Å². The second-order valence-corrected chi connectivity index (χ2v) is 8.41. The van der Waals surface area contributed by atoms with Crippen LogP contribution in [0.15, 0.2) is 50.4 Å². The Hall–Kier alpha value is -1.47. The number of nitrogens with one attached hydrogen (secondary N) is 1. The molecule has 1 unspecified atom stereocenters. The van der Waals surface area contributed by atoms with E-state index in [0.29, 0.717) is 5.76 Å². The number of nitrogens with zero attached hydrogens (tertiary/aromatic N) is 1. The third-order valence-electron chi connectivity index (χ3n) is 4.65. The largest absolute Gasteiger partial charge is 0.451 e. The van der Waals surface area contributed by atoms with Gasteiger partial charge in [-0.05, 0) is 30.5 Å². The second-order valence-electron chi connectivity index (χ2n) is 6.19. The maximum Gasteiger partial charge on any atom is 0.289 e. The molecule has 1 amide bonds. The van der Waals surface area contributed by atoms with Gasteiger partial charge in [0.25, 0.3) is 5.91 Å². The smallest absolute Gasteiger partial charge is 0.289 e. The number of hydrogen-bond acceptors (Lipinski definition) is 5. The third kappa shape index (κ3) is 3.78. The monoisotopic (exact) mass is 408 g/mol. The van der Waals surface area contributed by atoms with Crippen molar-refractivity contribution in [3.05, 3.63) is 53.1 Å². The number of fused-ring (bicyclic) bond motifs is 1. The van der Waals surface area contributed by atoms with Gasteiger partial charge in [-0.3, -0.25) is 4.79 Å². The van der Waals surface area contributed by atoms with Crippen LogP contribution in [0.1, 0.15) is 22.5 Å². The Morgan fingerprint density at radius 2 is 2.19 bits per heavy atom. The summed E-state index contributed by atoms with van der Waals surface area (Å²) >= 11 is 3.47. The van der Waals surface area contributed by atoms with Crippen LogP contribution in [0, 0.1) is 0 Å². The number of thiophene rings is 1. The highest BCUT2D eigenvalue weighted by Crippen LogP contribution is 2.34. The molecule has 0 bridgehead atoms. The number of carbonyl (C=O) groups excluding carboxylic acids is 1. The maximum absolute atomic E-state index is 13.1. The van der Waals surface area contributed by atoms with E-state index in [0.717, 1.165) is 41.8 Å². The predicted octanol–water partition coefficient (Wildman–Crippen LogP) is 4.64. The van der Waals surface area contributed by atoms with Crippen molar-refractivity contribution < 1.29 is 9.21 Å². The summed E-state index contributed by atoms with van der Waals surface area (Å²) in [7, 11) is 1.88. The van der Waals surface area contributed by atoms with Crippen molar-refractivity contribution in [1.82, 2.24) is 10.2 Å². The van der Waals surface area contributed by atoms with Gasteiger partial charge in [-0.1, -0.05) is 24.3 Å². The lowest BCUT2D eigenvalue weighted by Gasteiger charge is -2.23. The number of hydrogen-bond donors (Lipinski definition) is 1. The lowest BCUT2D eigenvalue weighted by Crippen LogP contribution is -2.38. The minimum Gasteiger partial charge on any atom is -0.451 e. The van der Waals surface area contributed by atoms with Gasteiger partial charge in [0.15, 0.2) is 5.76 Å². The average Bonchev–Trinajstić information content (AvgIpc) is 3.39. The SMILES string of the molecule is CN(C(=O)c1oc2ccccc2c1CSc1cccs1)C1CCNC1.Cl. The fourth-order valence-corrected chi connectivity index (χ4v) is 5.01. The number of likely N-dealkylation sites (N-methyl/N-ethyl adjacent to an activating group) is 1. The molecule has 1 aromatic carbocycles. The van der Waals surface area contributed by atoms with Crippen LogP contribution in [-0.4, -0.2) is 37.0 Å². The summed E-state index contributed by atoms with van der Waals surface area (Å²) < 4.78 is 7.24. The fraction of sp³-hybridized carbons (Fsp3) is 0.316. The van der Waals surface area contributed by atoms with Gasteiger partial charge in [-0.25, -0.2) is 0 Å². The first-order valence-corrected chi connectivity index (χ1v) is 10.2. The summed E-state index contributed by atoms with van der Waals surface area (Å²) in [6.07, 6.45) is 0.988. The number of furan rings is 1. The standard InChI is InChI=1S/C19H20N2O2S2.ClH/c1-21(13-8-9-20-11-13)19(22)18-15(12-25-17-7-4-10-24-17)14-5-2-3-6-16(14)23-18;/h2-7,10,13,20H,8-9,11-12H2,1H3;1H. The Morgan fingerprint density at radius 1 is 1.35 bits per heavy atom. The van der Waals surface area contributed by atoms with E-state index < -0.39 is 0 Å². The zero-order valence-corrected chi connectivity index (χ0v) is 16.9. The molecule has 3 aromatic rings. The number of benzene rings is 1. The molecule has 2 aromatic heterocycles. The van der Waals surface area contributed by atoms with Crippen LogP contribution in [0.25, 0.3) is 11.0 Å². The summed E-state index contributed by atoms with van der Waals surface area (Å²) in [5.74, 6) is 1.20. The van der Waals surface area contributed by atoms with Crippen molar-refractivity contribution in [2.75, 3.05) is 20.1 Å². The predicted molar refractivity (Wildman–Crippen MR) is 111 cm³/mol. The zero-order chi connectivity index (χ0) is 17.2. The van der Waals surface area contributed by atoms with E-state index in [4.69, 9.17) is 4.42 Å². The third-order valence-corrected chi connectivity index (χ3v) is 6.81. The van der Waals surface area contributed by atoms with E-state index in [1.54, 1.807) is 23.1 Å². The number of halogens is 1. The zero-order valence-electron chi connectivity index (χ0n) is 14.4. The van der Waals surface area contributed by atoms with Gasteiger partial charge < -0.3 is 14.6 Å². The number of carbonyl (C=O) groups is 1. The maximum atomic E-state index is 13.1. The van der Waals surface area contributed by atoms with Gasteiger partial charge in [-0.15, -0.1) is 35.5 Å². The first-order valence-electron chi connectivity index (χ1n) is 8.38. The van der Waals surface area contributed by atoms with Crippen molar-refractivity contribution in [3.63, 3.8) is 0 Å². The molecule has 1 atom stereocenters. The van der Waals surface area contributed by atoms with Crippen LogP contribution in [0.5, 0.6) is 0 Å². The Labute approximate surface area is 167 Å². The van der Waals surface area contributed by atoms with Crippen LogP contribution in [0.3, 0.4) is 0 Å². The Morgan fingerprint density at radius 3 is 2.92 bits per heavy atom. The van der Waals surface area contributed by atoms with Gasteiger partial charge in [0.05, 0.1) is 4.21 Å². The number of rotatable bonds is 5. The number of amides is 1. The molecule has 0 aliphatic carbocycles. The van der Waals surface area contributed by atoms with Gasteiger partial charge in [0.1, 0.15) is 5.58 Å². The summed E-state index contributed by atoms with van der Waals surface area (Å²) in [5.41, 5.74) is 1.78. The molecule has 1 saturated heterocycles. The normalized spacial score (nSPS) is 16.6. The van der Waals surface area contributed by atoms with Crippen LogP contribution >= 0.6 is 35.5 Å². The molecule has 4 nitrogen and oxygen atoms in total. The van der Waals surface area contributed by atoms with Crippen molar-refractivity contribution in [2.45, 2.75) is 22.4 Å². The summed E-state index contributed by atoms with van der Waals surface area (Å²) in [6, 6.07) is 12.3. The van der Waals surface area contributed by atoms with Crippen molar-refractivity contribution in [3.8, 4) is 0 Å². The minimum absolute atomic E-state index is 0. The molecule has 1 aliphatic heterocycles. The van der Waals surface area contributed by atoms with E-state index in [1.807, 2.05) is 42.3 Å². The summed E-state index contributed by atoms with van der Waals surface area (Å²) in [4.78, 5) is 14.9. The molecule has 1 aliphatic rings. The topological polar surface area (TPSA) is 45.5 Å². The van der Waals surface area contributed by atoms with E-state index >= 15 is 0 Å². The minimum atomic E-state index is -0.0216. The number of thioether (sulfide) groups is 1. The Bertz CT molecular complexity index is 873. The van der Waals surface area contributed by atoms with Crippen LogP contribution < -0.4 is 5.32 Å². The molecule has 0 spiro atoms. The van der Waals surface area contributed by atoms with Gasteiger partial charge in [0.2, 0.25) is 0 Å². The van der Waals surface area contributed by atoms with Crippen molar-refractivity contribution >= 4 is 52.4 Å². The molecular weight excluding hydrogens is 388 g/mol. The highest BCUT2D eigenvalue weighted by Gasteiger charge is 2.29. The van der Waals surface area contributed by atoms with E-state index in [-0.39, 0.29) is 24.4 Å². The lowest BCUT2D eigenvalue weighted by molar-refractivity contribution is 0.0713. The van der Waals surface area contributed by atoms with Gasteiger partial charge in [-0.2, -0.15) is 0 Å². The molecule has 0 saturated carbocycles. The quantitative estimate of drug-likeness (QED) is 0.624. The summed E-state index contributed by atoms with van der Waals surface area (Å²) in [5, 5.41) is 6.42. The second kappa shape index (κ2) is 8.48. The molecule has 26 heavy (non-hydrogen) atoms. The molecular formula is C19H21ClN2O2S2. The number of para-hydroxylation sites is 1. The molecule has 1 fully saturated rings. The molecule has 138 valence electrons. The summed E-state index contributed by atoms with van der Waals surface area (Å²) in [6.45, 7) is 1.81. The first kappa shape index (κ1) is 19.3. The van der Waals surface area contributed by atoms with Crippen LogP contribution in [0.2, 0.25) is 0 Å². The first-order chi connectivity index (χ1) is 12.2.